The van der Waals surface area contributed by atoms with E-state index in [9.17, 15) is 14.7 Å². The topological polar surface area (TPSA) is 84.9 Å². The normalized spacial score (nSPS) is 16.5. The first-order chi connectivity index (χ1) is 15.9. The van der Waals surface area contributed by atoms with Crippen LogP contribution in [0.25, 0.3) is 6.08 Å². The Balaban J connectivity index is 1.66. The first-order valence-corrected chi connectivity index (χ1v) is 11.6. The molecule has 176 valence electrons. The summed E-state index contributed by atoms with van der Waals surface area (Å²) in [4.78, 5) is 24.2. The zero-order chi connectivity index (χ0) is 23.8. The number of carboxylic acid groups (broad SMARTS) is 1. The summed E-state index contributed by atoms with van der Waals surface area (Å²) in [6, 6.07) is 11.6. The minimum absolute atomic E-state index is 0.0583. The Morgan fingerprint density at radius 3 is 2.36 bits per heavy atom. The van der Waals surface area contributed by atoms with E-state index in [1.807, 2.05) is 37.3 Å². The van der Waals surface area contributed by atoms with Gasteiger partial charge >= 0.3 is 5.97 Å². The van der Waals surface area contributed by atoms with E-state index in [1.165, 1.54) is 12.1 Å². The minimum Gasteiger partial charge on any atom is -0.480 e. The van der Waals surface area contributed by atoms with Crippen LogP contribution in [0.4, 0.5) is 0 Å². The highest BCUT2D eigenvalue weighted by Gasteiger charge is 2.35. The largest absolute Gasteiger partial charge is 0.480 e. The zero-order valence-corrected chi connectivity index (χ0v) is 19.9. The van der Waals surface area contributed by atoms with E-state index in [4.69, 9.17) is 32.7 Å². The van der Waals surface area contributed by atoms with E-state index in [0.29, 0.717) is 19.8 Å². The van der Waals surface area contributed by atoms with E-state index in [1.54, 1.807) is 12.1 Å². The second kappa shape index (κ2) is 11.7. The smallest absolute Gasteiger partial charge is 0.326 e. The molecule has 1 aliphatic rings. The SMILES string of the molecule is CCOC1(c2ccc(C=CCC(NC(=O)c3c(Cl)cccc3Cl)C(=O)O)cc2)CCOCC1. The summed E-state index contributed by atoms with van der Waals surface area (Å²) in [6.07, 6.45) is 5.27. The molecule has 3 rings (SSSR count). The Morgan fingerprint density at radius 2 is 1.79 bits per heavy atom. The molecule has 2 aromatic carbocycles. The molecule has 2 N–H and O–H groups in total. The van der Waals surface area contributed by atoms with Crippen molar-refractivity contribution in [1.29, 1.82) is 0 Å². The molecule has 1 unspecified atom stereocenters. The van der Waals surface area contributed by atoms with Gasteiger partial charge in [-0.2, -0.15) is 0 Å². The second-order valence-electron chi connectivity index (χ2n) is 7.76. The highest BCUT2D eigenvalue weighted by molar-refractivity contribution is 6.39. The van der Waals surface area contributed by atoms with Gasteiger partial charge in [-0.1, -0.05) is 65.7 Å². The molecule has 0 spiro atoms. The van der Waals surface area contributed by atoms with Gasteiger partial charge in [0.25, 0.3) is 5.91 Å². The van der Waals surface area contributed by atoms with Crippen LogP contribution < -0.4 is 5.32 Å². The van der Waals surface area contributed by atoms with Gasteiger partial charge in [0.2, 0.25) is 0 Å². The van der Waals surface area contributed by atoms with Crippen molar-refractivity contribution in [3.8, 4) is 0 Å². The van der Waals surface area contributed by atoms with Crippen LogP contribution in [0.15, 0.2) is 48.5 Å². The Labute approximate surface area is 203 Å². The number of carbonyl (C=O) groups is 2. The number of carboxylic acids is 1. The maximum atomic E-state index is 12.5. The summed E-state index contributed by atoms with van der Waals surface area (Å²) in [7, 11) is 0. The number of amides is 1. The number of hydrogen-bond acceptors (Lipinski definition) is 4. The molecule has 2 aromatic rings. The molecule has 6 nitrogen and oxygen atoms in total. The number of ether oxygens (including phenoxy) is 2. The average Bonchev–Trinajstić information content (AvgIpc) is 2.79. The molecule has 33 heavy (non-hydrogen) atoms. The van der Waals surface area contributed by atoms with Crippen molar-refractivity contribution in [2.45, 2.75) is 37.8 Å². The molecule has 1 atom stereocenters. The number of rotatable bonds is 9. The lowest BCUT2D eigenvalue weighted by Crippen LogP contribution is -2.40. The minimum atomic E-state index is -1.15. The van der Waals surface area contributed by atoms with Gasteiger partial charge in [0.1, 0.15) is 6.04 Å². The van der Waals surface area contributed by atoms with E-state index >= 15 is 0 Å². The Hall–Kier alpha value is -2.38. The maximum absolute atomic E-state index is 12.5. The maximum Gasteiger partial charge on any atom is 0.326 e. The van der Waals surface area contributed by atoms with Gasteiger partial charge in [-0.25, -0.2) is 4.79 Å². The van der Waals surface area contributed by atoms with E-state index < -0.39 is 17.9 Å². The molecule has 1 saturated heterocycles. The van der Waals surface area contributed by atoms with Crippen molar-refractivity contribution in [3.05, 3.63) is 75.3 Å². The predicted octanol–water partition coefficient (Wildman–Crippen LogP) is 5.32. The molecule has 1 aliphatic heterocycles. The van der Waals surface area contributed by atoms with Crippen LogP contribution in [-0.4, -0.2) is 42.8 Å². The number of nitrogens with one attached hydrogen (secondary N) is 1. The van der Waals surface area contributed by atoms with Crippen molar-refractivity contribution in [2.75, 3.05) is 19.8 Å². The molecule has 1 heterocycles. The van der Waals surface area contributed by atoms with Crippen LogP contribution in [0.5, 0.6) is 0 Å². The van der Waals surface area contributed by atoms with Crippen LogP contribution in [0.2, 0.25) is 10.0 Å². The van der Waals surface area contributed by atoms with Crippen LogP contribution >= 0.6 is 23.2 Å². The summed E-state index contributed by atoms with van der Waals surface area (Å²) >= 11 is 12.1. The molecule has 1 fully saturated rings. The summed E-state index contributed by atoms with van der Waals surface area (Å²) in [5.41, 5.74) is 1.76. The van der Waals surface area contributed by atoms with Crippen molar-refractivity contribution >= 4 is 41.2 Å². The van der Waals surface area contributed by atoms with Gasteiger partial charge in [0.15, 0.2) is 0 Å². The fraction of sp³-hybridized carbons (Fsp3) is 0.360. The molecule has 0 aromatic heterocycles. The van der Waals surface area contributed by atoms with Gasteiger partial charge in [-0.05, 0) is 36.6 Å². The molecule has 0 aliphatic carbocycles. The highest BCUT2D eigenvalue weighted by atomic mass is 35.5. The van der Waals surface area contributed by atoms with Crippen molar-refractivity contribution in [1.82, 2.24) is 5.32 Å². The molecule has 0 bridgehead atoms. The molecule has 8 heteroatoms. The van der Waals surface area contributed by atoms with E-state index in [-0.39, 0.29) is 27.6 Å². The molecule has 0 saturated carbocycles. The summed E-state index contributed by atoms with van der Waals surface area (Å²) in [6.45, 7) is 3.96. The number of halogens is 2. The molecular weight excluding hydrogens is 465 g/mol. The third kappa shape index (κ3) is 6.36. The fourth-order valence-corrected chi connectivity index (χ4v) is 4.47. The number of aliphatic carboxylic acids is 1. The Kier molecular flexibility index (Phi) is 8.92. The van der Waals surface area contributed by atoms with Crippen molar-refractivity contribution in [2.24, 2.45) is 0 Å². The first kappa shape index (κ1) is 25.2. The third-order valence-electron chi connectivity index (χ3n) is 5.63. The average molecular weight is 492 g/mol. The van der Waals surface area contributed by atoms with Crippen molar-refractivity contribution in [3.63, 3.8) is 0 Å². The molecular formula is C25H27Cl2NO5. The van der Waals surface area contributed by atoms with Crippen LogP contribution in [-0.2, 0) is 19.9 Å². The second-order valence-corrected chi connectivity index (χ2v) is 8.58. The third-order valence-corrected chi connectivity index (χ3v) is 6.26. The first-order valence-electron chi connectivity index (χ1n) is 10.8. The molecule has 1 amide bonds. The number of carbonyl (C=O) groups excluding carboxylic acids is 1. The quantitative estimate of drug-likeness (QED) is 0.495. The lowest BCUT2D eigenvalue weighted by molar-refractivity contribution is -0.139. The zero-order valence-electron chi connectivity index (χ0n) is 18.4. The standard InChI is InChI=1S/C25H27Cl2NO5/c1-2-33-25(13-15-32-16-14-25)18-11-9-17(10-12-18)5-3-8-21(24(30)31)28-23(29)22-19(26)6-4-7-20(22)27/h3-7,9-12,21H,2,8,13-16H2,1H3,(H,28,29)(H,30,31). The van der Waals surface area contributed by atoms with Gasteiger partial charge in [0, 0.05) is 32.7 Å². The van der Waals surface area contributed by atoms with E-state index in [0.717, 1.165) is 24.0 Å². The Morgan fingerprint density at radius 1 is 1.15 bits per heavy atom. The predicted molar refractivity (Wildman–Crippen MR) is 129 cm³/mol. The van der Waals surface area contributed by atoms with Crippen LogP contribution in [0.3, 0.4) is 0 Å². The number of benzene rings is 2. The van der Waals surface area contributed by atoms with Crippen LogP contribution in [0.1, 0.15) is 47.7 Å². The van der Waals surface area contributed by atoms with Gasteiger partial charge in [-0.3, -0.25) is 4.79 Å². The van der Waals surface area contributed by atoms with Gasteiger partial charge in [-0.15, -0.1) is 0 Å². The Bertz CT molecular complexity index is 975. The number of hydrogen-bond donors (Lipinski definition) is 2. The van der Waals surface area contributed by atoms with E-state index in [2.05, 4.69) is 5.32 Å². The molecule has 0 radical (unpaired) electrons. The fourth-order valence-electron chi connectivity index (χ4n) is 3.90. The summed E-state index contributed by atoms with van der Waals surface area (Å²) in [5.74, 6) is -1.78. The lowest BCUT2D eigenvalue weighted by atomic mass is 9.85. The highest BCUT2D eigenvalue weighted by Crippen LogP contribution is 2.36. The monoisotopic (exact) mass is 491 g/mol. The summed E-state index contributed by atoms with van der Waals surface area (Å²) < 4.78 is 11.6. The van der Waals surface area contributed by atoms with Gasteiger partial charge in [0.05, 0.1) is 21.2 Å². The van der Waals surface area contributed by atoms with Crippen molar-refractivity contribution < 1.29 is 24.2 Å². The van der Waals surface area contributed by atoms with Gasteiger partial charge < -0.3 is 19.9 Å². The lowest BCUT2D eigenvalue weighted by Gasteiger charge is -2.37. The van der Waals surface area contributed by atoms with Crippen LogP contribution in [0, 0.1) is 0 Å². The summed E-state index contributed by atoms with van der Waals surface area (Å²) in [5, 5.41) is 12.3.